The van der Waals surface area contributed by atoms with Crippen molar-refractivity contribution in [3.05, 3.63) is 72.0 Å². The molecule has 0 saturated heterocycles. The molecule has 6 nitrogen and oxygen atoms in total. The van der Waals surface area contributed by atoms with E-state index in [2.05, 4.69) is 11.3 Å². The van der Waals surface area contributed by atoms with E-state index in [1.807, 2.05) is 26.8 Å². The molecule has 9 heteroatoms. The zero-order valence-electron chi connectivity index (χ0n) is 20.8. The van der Waals surface area contributed by atoms with Crippen LogP contribution >= 0.6 is 0 Å². The van der Waals surface area contributed by atoms with Crippen LogP contribution in [0, 0.1) is 0 Å². The first-order valence-electron chi connectivity index (χ1n) is 10.8. The third kappa shape index (κ3) is 17.6. The average Bonchev–Trinajstić information content (AvgIpc) is 3.07. The Hall–Kier alpha value is -2.94. The molecular weight excluding hydrogens is 453 g/mol. The van der Waals surface area contributed by atoms with Gasteiger partial charge in [0, 0.05) is 0 Å². The van der Waals surface area contributed by atoms with Crippen molar-refractivity contribution in [1.82, 2.24) is 0 Å². The number of allylic oxidation sites excluding steroid dienone is 8. The van der Waals surface area contributed by atoms with E-state index >= 15 is 0 Å². The number of methoxy groups -OCH3 is 2. The Morgan fingerprint density at radius 1 is 1.18 bits per heavy atom. The number of halogens is 3. The Kier molecular flexibility index (Phi) is 19.1. The maximum atomic E-state index is 12.2. The lowest BCUT2D eigenvalue weighted by molar-refractivity contribution is -0.144. The minimum atomic E-state index is -4.27. The van der Waals surface area contributed by atoms with Crippen LogP contribution in [0.1, 0.15) is 40.5 Å². The molecule has 0 aromatic heterocycles. The standard InChI is InChI=1S/C14H22O5.C9H9F3O.C2H6/c1-5-6-13(19-9-11(2)15)8-7-12(3)18-10-14(16)17-4;1-13-8-4-2-3-7(5-6-8)9(10,11)12;1-2/h6-8,11,15H,3,5,9-10H2,1-2,4H3;3-6H,2H2,1H3;1-2H3/b8-7-,13-6+;;. The molecule has 0 amide bonds. The minimum absolute atomic E-state index is 0.180. The second-order valence-electron chi connectivity index (χ2n) is 6.38. The Morgan fingerprint density at radius 3 is 2.32 bits per heavy atom. The number of rotatable bonds is 10. The molecule has 194 valence electrons. The van der Waals surface area contributed by atoms with Crippen LogP contribution in [-0.4, -0.2) is 50.8 Å². The number of ether oxygens (including phenoxy) is 4. The van der Waals surface area contributed by atoms with E-state index in [9.17, 15) is 18.0 Å². The molecule has 0 heterocycles. The lowest BCUT2D eigenvalue weighted by Crippen LogP contribution is -2.10. The summed E-state index contributed by atoms with van der Waals surface area (Å²) in [4.78, 5) is 10.9. The highest BCUT2D eigenvalue weighted by Crippen LogP contribution is 2.28. The average molecular weight is 491 g/mol. The molecule has 0 fully saturated rings. The summed E-state index contributed by atoms with van der Waals surface area (Å²) in [7, 11) is 2.71. The number of alkyl halides is 3. The summed E-state index contributed by atoms with van der Waals surface area (Å²) in [6, 6.07) is 0. The van der Waals surface area contributed by atoms with Gasteiger partial charge in [0.05, 0.1) is 25.9 Å². The van der Waals surface area contributed by atoms with Crippen molar-refractivity contribution in [3.8, 4) is 0 Å². The Bertz CT molecular complexity index is 744. The van der Waals surface area contributed by atoms with Gasteiger partial charge in [0.1, 0.15) is 23.9 Å². The van der Waals surface area contributed by atoms with Crippen molar-refractivity contribution in [2.24, 2.45) is 0 Å². The zero-order chi connectivity index (χ0) is 26.6. The first kappa shape index (κ1) is 33.2. The number of carbonyl (C=O) groups is 1. The van der Waals surface area contributed by atoms with E-state index < -0.39 is 23.8 Å². The highest BCUT2D eigenvalue weighted by Gasteiger charge is 2.31. The van der Waals surface area contributed by atoms with Gasteiger partial charge in [0.25, 0.3) is 0 Å². The SMILES string of the molecule is C=C(/C=C\C(=C/CC)OCC(C)O)OCC(=O)OC.CC.COC1=CCC=C(C(F)(F)F)C=C1. The van der Waals surface area contributed by atoms with Gasteiger partial charge in [-0.25, -0.2) is 4.79 Å². The third-order valence-electron chi connectivity index (χ3n) is 3.58. The summed E-state index contributed by atoms with van der Waals surface area (Å²) < 4.78 is 56.2. The fourth-order valence-corrected chi connectivity index (χ4v) is 2.00. The lowest BCUT2D eigenvalue weighted by Gasteiger charge is -2.09. The van der Waals surface area contributed by atoms with Gasteiger partial charge in [0.15, 0.2) is 6.61 Å². The van der Waals surface area contributed by atoms with Crippen molar-refractivity contribution >= 4 is 5.97 Å². The van der Waals surface area contributed by atoms with Crippen LogP contribution in [0.4, 0.5) is 13.2 Å². The van der Waals surface area contributed by atoms with Gasteiger partial charge in [-0.1, -0.05) is 33.4 Å². The largest absolute Gasteiger partial charge is 0.497 e. The second-order valence-corrected chi connectivity index (χ2v) is 6.38. The van der Waals surface area contributed by atoms with Crippen LogP contribution in [0.5, 0.6) is 0 Å². The molecule has 0 saturated carbocycles. The van der Waals surface area contributed by atoms with Gasteiger partial charge < -0.3 is 24.1 Å². The molecule has 1 unspecified atom stereocenters. The molecule has 0 spiro atoms. The van der Waals surface area contributed by atoms with Crippen LogP contribution in [0.15, 0.2) is 72.0 Å². The van der Waals surface area contributed by atoms with Gasteiger partial charge >= 0.3 is 12.1 Å². The van der Waals surface area contributed by atoms with E-state index in [-0.39, 0.29) is 19.6 Å². The van der Waals surface area contributed by atoms with Crippen molar-refractivity contribution < 1.29 is 42.0 Å². The van der Waals surface area contributed by atoms with E-state index in [0.29, 0.717) is 17.3 Å². The van der Waals surface area contributed by atoms with E-state index in [0.717, 1.165) is 18.6 Å². The minimum Gasteiger partial charge on any atom is -0.497 e. The molecule has 0 aromatic carbocycles. The fourth-order valence-electron chi connectivity index (χ4n) is 2.00. The van der Waals surface area contributed by atoms with Crippen molar-refractivity contribution in [2.75, 3.05) is 27.4 Å². The van der Waals surface area contributed by atoms with Gasteiger partial charge in [-0.05, 0) is 56.2 Å². The van der Waals surface area contributed by atoms with Crippen molar-refractivity contribution in [3.63, 3.8) is 0 Å². The van der Waals surface area contributed by atoms with Gasteiger partial charge in [0.2, 0.25) is 0 Å². The maximum absolute atomic E-state index is 12.2. The highest BCUT2D eigenvalue weighted by molar-refractivity contribution is 5.70. The number of carbonyl (C=O) groups excluding carboxylic acids is 1. The van der Waals surface area contributed by atoms with Crippen molar-refractivity contribution in [1.29, 1.82) is 0 Å². The summed E-state index contributed by atoms with van der Waals surface area (Å²) >= 11 is 0. The quantitative estimate of drug-likeness (QED) is 0.233. The number of esters is 1. The van der Waals surface area contributed by atoms with Crippen molar-refractivity contribution in [2.45, 2.75) is 52.8 Å². The van der Waals surface area contributed by atoms with Crippen LogP contribution in [0.2, 0.25) is 0 Å². The Balaban J connectivity index is 0. The summed E-state index contributed by atoms with van der Waals surface area (Å²) in [6.45, 7) is 11.3. The topological polar surface area (TPSA) is 74.2 Å². The Labute approximate surface area is 200 Å². The molecule has 34 heavy (non-hydrogen) atoms. The summed E-state index contributed by atoms with van der Waals surface area (Å²) in [5.41, 5.74) is -0.629. The highest BCUT2D eigenvalue weighted by atomic mass is 19.4. The predicted octanol–water partition coefficient (Wildman–Crippen LogP) is 5.93. The molecule has 0 bridgehead atoms. The van der Waals surface area contributed by atoms with Gasteiger partial charge in [-0.15, -0.1) is 0 Å². The summed E-state index contributed by atoms with van der Waals surface area (Å²) in [5.74, 6) is 0.930. The van der Waals surface area contributed by atoms with Crippen LogP contribution in [0.3, 0.4) is 0 Å². The molecule has 1 aliphatic carbocycles. The molecule has 1 atom stereocenters. The van der Waals surface area contributed by atoms with Gasteiger partial charge in [-0.2, -0.15) is 13.2 Å². The molecule has 0 radical (unpaired) electrons. The van der Waals surface area contributed by atoms with Gasteiger partial charge in [-0.3, -0.25) is 0 Å². The molecule has 0 aliphatic heterocycles. The number of aliphatic hydroxyl groups is 1. The molecule has 1 rings (SSSR count). The monoisotopic (exact) mass is 490 g/mol. The van der Waals surface area contributed by atoms with Crippen LogP contribution in [0.25, 0.3) is 0 Å². The Morgan fingerprint density at radius 2 is 1.82 bits per heavy atom. The van der Waals surface area contributed by atoms with Crippen LogP contribution < -0.4 is 0 Å². The van der Waals surface area contributed by atoms with E-state index in [1.54, 1.807) is 25.2 Å². The second kappa shape index (κ2) is 19.5. The first-order valence-corrected chi connectivity index (χ1v) is 10.8. The number of hydrogen-bond acceptors (Lipinski definition) is 6. The summed E-state index contributed by atoms with van der Waals surface area (Å²) in [5, 5.41) is 9.15. The first-order chi connectivity index (χ1) is 16.0. The molecule has 0 aromatic rings. The molecule has 1 aliphatic rings. The molecular formula is C25H37F3O6. The summed E-state index contributed by atoms with van der Waals surface area (Å²) in [6.07, 6.45) is 6.41. The number of aliphatic hydroxyl groups excluding tert-OH is 1. The lowest BCUT2D eigenvalue weighted by atomic mass is 10.2. The molecule has 1 N–H and O–H groups in total. The number of hydrogen-bond donors (Lipinski definition) is 1. The third-order valence-corrected chi connectivity index (χ3v) is 3.58. The van der Waals surface area contributed by atoms with E-state index in [4.69, 9.17) is 19.3 Å². The maximum Gasteiger partial charge on any atom is 0.416 e. The predicted molar refractivity (Wildman–Crippen MR) is 127 cm³/mol. The van der Waals surface area contributed by atoms with E-state index in [1.165, 1.54) is 20.3 Å². The smallest absolute Gasteiger partial charge is 0.416 e. The fraction of sp³-hybridized carbons (Fsp3) is 0.480. The zero-order valence-corrected chi connectivity index (χ0v) is 20.8. The normalized spacial score (nSPS) is 14.2. The van der Waals surface area contributed by atoms with Crippen LogP contribution in [-0.2, 0) is 23.7 Å².